The predicted octanol–water partition coefficient (Wildman–Crippen LogP) is 2.68. The van der Waals surface area contributed by atoms with Gasteiger partial charge in [0.2, 0.25) is 0 Å². The zero-order valence-electron chi connectivity index (χ0n) is 16.1. The Morgan fingerprint density at radius 2 is 1.97 bits per heavy atom. The van der Waals surface area contributed by atoms with Crippen LogP contribution in [0.3, 0.4) is 0 Å². The number of nitrogens with one attached hydrogen (secondary N) is 1. The lowest BCUT2D eigenvalue weighted by Gasteiger charge is -2.30. The van der Waals surface area contributed by atoms with E-state index >= 15 is 0 Å². The fourth-order valence-corrected chi connectivity index (χ4v) is 2.62. The number of aliphatic carboxylic acids is 1. The number of alkyl halides is 4. The van der Waals surface area contributed by atoms with Crippen LogP contribution in [0.2, 0.25) is 0 Å². The molecule has 3 heterocycles. The normalized spacial score (nSPS) is 18.1. The lowest BCUT2D eigenvalue weighted by molar-refractivity contribution is -0.192. The van der Waals surface area contributed by atoms with Crippen molar-refractivity contribution in [3.8, 4) is 0 Å². The molecule has 172 valence electrons. The molecule has 0 aliphatic carbocycles. The number of hydrogen-bond donors (Lipinski definition) is 3. The van der Waals surface area contributed by atoms with Crippen molar-refractivity contribution < 1.29 is 37.0 Å². The number of carboxylic acids is 1. The second-order valence-electron chi connectivity index (χ2n) is 6.29. The largest absolute Gasteiger partial charge is 0.490 e. The summed E-state index contributed by atoms with van der Waals surface area (Å²) in [5.41, 5.74) is 4.95. The fourth-order valence-electron chi connectivity index (χ4n) is 2.39. The van der Waals surface area contributed by atoms with E-state index in [2.05, 4.69) is 36.2 Å². The van der Waals surface area contributed by atoms with E-state index in [0.29, 0.717) is 5.69 Å². The van der Waals surface area contributed by atoms with E-state index in [1.54, 1.807) is 30.3 Å². The summed E-state index contributed by atoms with van der Waals surface area (Å²) in [7, 11) is 0. The summed E-state index contributed by atoms with van der Waals surface area (Å²) in [6, 6.07) is 8.17. The molecule has 14 heteroatoms. The van der Waals surface area contributed by atoms with Crippen molar-refractivity contribution >= 4 is 39.5 Å². The number of nitrogens with two attached hydrogens (primary N) is 1. The van der Waals surface area contributed by atoms with Gasteiger partial charge in [0.15, 0.2) is 5.54 Å². The number of rotatable bonds is 4. The molecular formula is C18H16BrF4N5O4. The summed E-state index contributed by atoms with van der Waals surface area (Å²) < 4.78 is 51.5. The lowest BCUT2D eigenvalue weighted by atomic mass is 9.97. The van der Waals surface area contributed by atoms with Gasteiger partial charge in [-0.25, -0.2) is 19.2 Å². The quantitative estimate of drug-likeness (QED) is 0.525. The minimum absolute atomic E-state index is 0.0306. The number of nitrogens with zero attached hydrogens (tertiary/aromatic N) is 3. The third-order valence-electron chi connectivity index (χ3n) is 3.84. The molecular weight excluding hydrogens is 506 g/mol. The van der Waals surface area contributed by atoms with Crippen LogP contribution in [-0.4, -0.2) is 58.9 Å². The minimum Gasteiger partial charge on any atom is -0.475 e. The number of ether oxygens (including phenoxy) is 1. The molecule has 0 saturated heterocycles. The molecule has 0 radical (unpaired) electrons. The van der Waals surface area contributed by atoms with Gasteiger partial charge in [0.25, 0.3) is 5.91 Å². The van der Waals surface area contributed by atoms with Gasteiger partial charge in [-0.2, -0.15) is 13.2 Å². The second-order valence-corrected chi connectivity index (χ2v) is 7.20. The van der Waals surface area contributed by atoms with Crippen LogP contribution >= 0.6 is 15.9 Å². The maximum absolute atomic E-state index is 13.7. The Balaban J connectivity index is 0.000000451. The van der Waals surface area contributed by atoms with Crippen LogP contribution in [0.25, 0.3) is 0 Å². The number of amidine groups is 1. The molecule has 1 aliphatic heterocycles. The van der Waals surface area contributed by atoms with E-state index in [9.17, 15) is 22.4 Å². The maximum atomic E-state index is 13.7. The lowest BCUT2D eigenvalue weighted by Crippen LogP contribution is -2.42. The third kappa shape index (κ3) is 6.68. The number of pyridine rings is 2. The Kier molecular flexibility index (Phi) is 8.21. The first-order valence-electron chi connectivity index (χ1n) is 8.65. The SMILES string of the molecule is NC1=NC(CF)(c2cccc(NC(=O)c3ccc(Br)cn3)n2)COC1.O=C(O)C(F)(F)F. The number of carbonyl (C=O) groups is 2. The molecule has 0 saturated carbocycles. The minimum atomic E-state index is -5.08. The van der Waals surface area contributed by atoms with Gasteiger partial charge >= 0.3 is 12.1 Å². The first-order valence-corrected chi connectivity index (χ1v) is 9.44. The number of carbonyl (C=O) groups excluding carboxylic acids is 1. The van der Waals surface area contributed by atoms with Crippen LogP contribution in [0.1, 0.15) is 16.2 Å². The van der Waals surface area contributed by atoms with Crippen molar-refractivity contribution in [3.63, 3.8) is 0 Å². The molecule has 3 rings (SSSR count). The van der Waals surface area contributed by atoms with E-state index in [0.717, 1.165) is 4.47 Å². The van der Waals surface area contributed by atoms with Crippen LogP contribution in [0.15, 0.2) is 46.0 Å². The van der Waals surface area contributed by atoms with Crippen molar-refractivity contribution in [2.45, 2.75) is 11.7 Å². The molecule has 2 aromatic rings. The zero-order valence-corrected chi connectivity index (χ0v) is 17.7. The average Bonchev–Trinajstić information content (AvgIpc) is 2.74. The fraction of sp³-hybridized carbons (Fsp3) is 0.278. The van der Waals surface area contributed by atoms with Crippen LogP contribution in [0.5, 0.6) is 0 Å². The van der Waals surface area contributed by atoms with Gasteiger partial charge < -0.3 is 20.9 Å². The van der Waals surface area contributed by atoms with Gasteiger partial charge in [-0.15, -0.1) is 0 Å². The van der Waals surface area contributed by atoms with Crippen LogP contribution < -0.4 is 11.1 Å². The summed E-state index contributed by atoms with van der Waals surface area (Å²) in [5, 5.41) is 9.76. The topological polar surface area (TPSA) is 140 Å². The van der Waals surface area contributed by atoms with Crippen LogP contribution in [0, 0.1) is 0 Å². The van der Waals surface area contributed by atoms with Gasteiger partial charge in [-0.05, 0) is 40.2 Å². The van der Waals surface area contributed by atoms with Crippen LogP contribution in [-0.2, 0) is 15.1 Å². The van der Waals surface area contributed by atoms with Gasteiger partial charge in [-0.3, -0.25) is 9.79 Å². The van der Waals surface area contributed by atoms with Crippen molar-refractivity contribution in [2.24, 2.45) is 10.7 Å². The van der Waals surface area contributed by atoms with E-state index < -0.39 is 30.3 Å². The summed E-state index contributed by atoms with van der Waals surface area (Å²) in [6.45, 7) is -0.622. The summed E-state index contributed by atoms with van der Waals surface area (Å²) in [4.78, 5) is 33.7. The highest BCUT2D eigenvalue weighted by molar-refractivity contribution is 9.10. The first-order chi connectivity index (χ1) is 15.0. The zero-order chi connectivity index (χ0) is 23.9. The Morgan fingerprint density at radius 1 is 1.28 bits per heavy atom. The molecule has 1 atom stereocenters. The third-order valence-corrected chi connectivity index (χ3v) is 4.31. The Labute approximate surface area is 186 Å². The molecule has 0 bridgehead atoms. The highest BCUT2D eigenvalue weighted by atomic mass is 79.9. The molecule has 0 spiro atoms. The highest BCUT2D eigenvalue weighted by Gasteiger charge is 2.38. The monoisotopic (exact) mass is 521 g/mol. The van der Waals surface area contributed by atoms with Crippen molar-refractivity contribution in [1.82, 2.24) is 9.97 Å². The number of amides is 1. The summed E-state index contributed by atoms with van der Waals surface area (Å²) >= 11 is 3.26. The van der Waals surface area contributed by atoms with E-state index in [4.69, 9.17) is 20.4 Å². The predicted molar refractivity (Wildman–Crippen MR) is 108 cm³/mol. The van der Waals surface area contributed by atoms with Gasteiger partial charge in [-0.1, -0.05) is 6.07 Å². The Morgan fingerprint density at radius 3 is 2.50 bits per heavy atom. The molecule has 2 aromatic heterocycles. The Hall–Kier alpha value is -3.13. The summed E-state index contributed by atoms with van der Waals surface area (Å²) in [6.07, 6.45) is -3.56. The van der Waals surface area contributed by atoms with Crippen molar-refractivity contribution in [3.05, 3.63) is 52.4 Å². The van der Waals surface area contributed by atoms with Gasteiger partial charge in [0.05, 0.1) is 12.3 Å². The molecule has 9 nitrogen and oxygen atoms in total. The van der Waals surface area contributed by atoms with Crippen molar-refractivity contribution in [1.29, 1.82) is 0 Å². The number of carboxylic acid groups (broad SMARTS) is 1. The molecule has 1 unspecified atom stereocenters. The number of halogens is 5. The molecule has 4 N–H and O–H groups in total. The molecule has 1 aliphatic rings. The summed E-state index contributed by atoms with van der Waals surface area (Å²) in [5.74, 6) is -2.71. The maximum Gasteiger partial charge on any atom is 0.490 e. The average molecular weight is 522 g/mol. The van der Waals surface area contributed by atoms with E-state index in [-0.39, 0.29) is 30.6 Å². The molecule has 0 fully saturated rings. The van der Waals surface area contributed by atoms with Crippen molar-refractivity contribution in [2.75, 3.05) is 25.2 Å². The number of hydrogen-bond acceptors (Lipinski definition) is 7. The van der Waals surface area contributed by atoms with E-state index in [1.165, 1.54) is 6.20 Å². The standard InChI is InChI=1S/C16H15BrFN5O2.C2HF3O2/c17-10-4-5-11(20-6-10)15(24)22-14-3-1-2-12(21-14)16(8-18)9-25-7-13(19)23-16;3-2(4,5)1(6)7/h1-6H,7-9H2,(H2,19,23)(H,21,22,24);(H,6,7). The number of aromatic nitrogens is 2. The number of anilines is 1. The Bertz CT molecular complexity index is 1000. The highest BCUT2D eigenvalue weighted by Crippen LogP contribution is 2.29. The van der Waals surface area contributed by atoms with Gasteiger partial charge in [0, 0.05) is 10.7 Å². The molecule has 1 amide bonds. The first kappa shape index (κ1) is 25.1. The number of aliphatic imine (C=N–C) groups is 1. The molecule has 32 heavy (non-hydrogen) atoms. The van der Waals surface area contributed by atoms with Crippen LogP contribution in [0.4, 0.5) is 23.4 Å². The van der Waals surface area contributed by atoms with E-state index in [1.807, 2.05) is 0 Å². The smallest absolute Gasteiger partial charge is 0.475 e. The second kappa shape index (κ2) is 10.5. The van der Waals surface area contributed by atoms with Gasteiger partial charge in [0.1, 0.15) is 30.6 Å². The molecule has 0 aromatic carbocycles.